The summed E-state index contributed by atoms with van der Waals surface area (Å²) >= 11 is 0. The van der Waals surface area contributed by atoms with Crippen molar-refractivity contribution in [1.82, 2.24) is 15.5 Å². The van der Waals surface area contributed by atoms with Crippen LogP contribution in [-0.2, 0) is 4.79 Å². The van der Waals surface area contributed by atoms with Crippen molar-refractivity contribution < 1.29 is 18.8 Å². The third-order valence-electron chi connectivity index (χ3n) is 6.59. The highest BCUT2D eigenvalue weighted by atomic mass is 19.1. The Bertz CT molecular complexity index is 1030. The highest BCUT2D eigenvalue weighted by Crippen LogP contribution is 2.23. The second-order valence-corrected chi connectivity index (χ2v) is 9.50. The molecule has 0 bridgehead atoms. The predicted molar refractivity (Wildman–Crippen MR) is 130 cm³/mol. The number of amides is 3. The summed E-state index contributed by atoms with van der Waals surface area (Å²) in [6.07, 6.45) is 1.12. The standard InChI is InChI=1S/C27H34FN3O3/c1-17(2)19(4)29-26(33)24(30-25(32)21-8-5-7-18(3)15-21)20-11-13-31(14-12-20)27(34)22-9-6-10-23(28)16-22/h5-10,15-17,19-20,24H,11-14H2,1-4H3,(H,29,33)(H,30,32). The van der Waals surface area contributed by atoms with Gasteiger partial charge < -0.3 is 15.5 Å². The molecule has 3 amide bonds. The number of nitrogens with one attached hydrogen (secondary N) is 2. The maximum Gasteiger partial charge on any atom is 0.253 e. The topological polar surface area (TPSA) is 78.5 Å². The second-order valence-electron chi connectivity index (χ2n) is 9.50. The highest BCUT2D eigenvalue weighted by molar-refractivity contribution is 5.98. The number of rotatable bonds is 7. The zero-order chi connectivity index (χ0) is 24.8. The molecule has 2 unspecified atom stereocenters. The molecule has 34 heavy (non-hydrogen) atoms. The Morgan fingerprint density at radius 1 is 0.941 bits per heavy atom. The molecule has 0 spiro atoms. The smallest absolute Gasteiger partial charge is 0.253 e. The molecule has 0 radical (unpaired) electrons. The lowest BCUT2D eigenvalue weighted by atomic mass is 9.87. The van der Waals surface area contributed by atoms with Crippen molar-refractivity contribution in [2.45, 2.75) is 52.6 Å². The van der Waals surface area contributed by atoms with Gasteiger partial charge in [-0.3, -0.25) is 14.4 Å². The Labute approximate surface area is 200 Å². The van der Waals surface area contributed by atoms with E-state index >= 15 is 0 Å². The van der Waals surface area contributed by atoms with E-state index in [1.807, 2.05) is 39.8 Å². The molecule has 7 heteroatoms. The summed E-state index contributed by atoms with van der Waals surface area (Å²) in [7, 11) is 0. The largest absolute Gasteiger partial charge is 0.352 e. The number of likely N-dealkylation sites (tertiary alicyclic amines) is 1. The van der Waals surface area contributed by atoms with Crippen LogP contribution in [0.25, 0.3) is 0 Å². The fourth-order valence-electron chi connectivity index (χ4n) is 4.13. The van der Waals surface area contributed by atoms with Crippen LogP contribution in [0.3, 0.4) is 0 Å². The van der Waals surface area contributed by atoms with Crippen molar-refractivity contribution in [3.63, 3.8) is 0 Å². The van der Waals surface area contributed by atoms with Crippen LogP contribution in [0.15, 0.2) is 48.5 Å². The summed E-state index contributed by atoms with van der Waals surface area (Å²) in [5, 5.41) is 5.99. The SMILES string of the molecule is Cc1cccc(C(=O)NC(C(=O)NC(C)C(C)C)C2CCN(C(=O)c3cccc(F)c3)CC2)c1. The van der Waals surface area contributed by atoms with Crippen LogP contribution >= 0.6 is 0 Å². The third kappa shape index (κ3) is 6.43. The lowest BCUT2D eigenvalue weighted by Gasteiger charge is -2.36. The molecule has 182 valence electrons. The van der Waals surface area contributed by atoms with Crippen molar-refractivity contribution >= 4 is 17.7 Å². The Morgan fingerprint density at radius 2 is 1.59 bits per heavy atom. The van der Waals surface area contributed by atoms with Crippen LogP contribution in [0.5, 0.6) is 0 Å². The van der Waals surface area contributed by atoms with Gasteiger partial charge in [0.2, 0.25) is 5.91 Å². The van der Waals surface area contributed by atoms with E-state index in [0.29, 0.717) is 37.1 Å². The summed E-state index contributed by atoms with van der Waals surface area (Å²) in [5.41, 5.74) is 1.78. The van der Waals surface area contributed by atoms with Gasteiger partial charge in [-0.1, -0.05) is 37.6 Å². The Hall–Kier alpha value is -3.22. The molecule has 1 fully saturated rings. The Balaban J connectivity index is 1.72. The van der Waals surface area contributed by atoms with E-state index in [-0.39, 0.29) is 35.6 Å². The first kappa shape index (κ1) is 25.4. The molecular formula is C27H34FN3O3. The summed E-state index contributed by atoms with van der Waals surface area (Å²) in [4.78, 5) is 40.7. The maximum atomic E-state index is 13.5. The van der Waals surface area contributed by atoms with Crippen LogP contribution in [0, 0.1) is 24.6 Å². The summed E-state index contributed by atoms with van der Waals surface area (Å²) in [6, 6.07) is 12.2. The van der Waals surface area contributed by atoms with Gasteiger partial charge in [0, 0.05) is 30.3 Å². The van der Waals surface area contributed by atoms with Crippen LogP contribution in [0.4, 0.5) is 4.39 Å². The predicted octanol–water partition coefficient (Wildman–Crippen LogP) is 3.95. The first-order valence-corrected chi connectivity index (χ1v) is 11.9. The molecule has 0 aromatic heterocycles. The van der Waals surface area contributed by atoms with Crippen molar-refractivity contribution in [1.29, 1.82) is 0 Å². The van der Waals surface area contributed by atoms with Gasteiger partial charge in [-0.2, -0.15) is 0 Å². The molecule has 1 aliphatic rings. The van der Waals surface area contributed by atoms with E-state index < -0.39 is 11.9 Å². The summed E-state index contributed by atoms with van der Waals surface area (Å²) in [6.45, 7) is 8.79. The number of carbonyl (C=O) groups excluding carboxylic acids is 3. The zero-order valence-corrected chi connectivity index (χ0v) is 20.3. The van der Waals surface area contributed by atoms with E-state index in [2.05, 4.69) is 10.6 Å². The van der Waals surface area contributed by atoms with Crippen LogP contribution in [-0.4, -0.2) is 47.8 Å². The summed E-state index contributed by atoms with van der Waals surface area (Å²) in [5.74, 6) is -1.05. The molecule has 0 saturated carbocycles. The average molecular weight is 468 g/mol. The van der Waals surface area contributed by atoms with Gasteiger partial charge in [0.25, 0.3) is 11.8 Å². The highest BCUT2D eigenvalue weighted by Gasteiger charge is 2.35. The first-order valence-electron chi connectivity index (χ1n) is 11.9. The molecule has 2 aromatic carbocycles. The van der Waals surface area contributed by atoms with Crippen LogP contribution in [0.1, 0.15) is 59.9 Å². The monoisotopic (exact) mass is 467 g/mol. The molecule has 6 nitrogen and oxygen atoms in total. The van der Waals surface area contributed by atoms with Crippen LogP contribution in [0.2, 0.25) is 0 Å². The summed E-state index contributed by atoms with van der Waals surface area (Å²) < 4.78 is 13.5. The molecule has 3 rings (SSSR count). The van der Waals surface area contributed by atoms with E-state index in [0.717, 1.165) is 5.56 Å². The average Bonchev–Trinajstić information content (AvgIpc) is 2.82. The number of nitrogens with zero attached hydrogens (tertiary/aromatic N) is 1. The quantitative estimate of drug-likeness (QED) is 0.647. The normalized spacial score (nSPS) is 16.1. The molecule has 1 saturated heterocycles. The number of hydrogen-bond donors (Lipinski definition) is 2. The van der Waals surface area contributed by atoms with Gasteiger partial charge in [-0.25, -0.2) is 4.39 Å². The van der Waals surface area contributed by atoms with Crippen molar-refractivity contribution in [2.24, 2.45) is 11.8 Å². The van der Waals surface area contributed by atoms with Crippen molar-refractivity contribution in [2.75, 3.05) is 13.1 Å². The number of halogens is 1. The minimum absolute atomic E-state index is 0.0412. The van der Waals surface area contributed by atoms with E-state index in [1.54, 1.807) is 23.1 Å². The van der Waals surface area contributed by atoms with E-state index in [1.165, 1.54) is 18.2 Å². The number of piperidine rings is 1. The molecule has 1 heterocycles. The maximum absolute atomic E-state index is 13.5. The van der Waals surface area contributed by atoms with Gasteiger partial charge in [-0.05, 0) is 68.9 Å². The second kappa shape index (κ2) is 11.3. The third-order valence-corrected chi connectivity index (χ3v) is 6.59. The molecular weight excluding hydrogens is 433 g/mol. The fraction of sp³-hybridized carbons (Fsp3) is 0.444. The van der Waals surface area contributed by atoms with Crippen molar-refractivity contribution in [3.8, 4) is 0 Å². The van der Waals surface area contributed by atoms with E-state index in [9.17, 15) is 18.8 Å². The lowest BCUT2D eigenvalue weighted by molar-refractivity contribution is -0.125. The van der Waals surface area contributed by atoms with Gasteiger partial charge >= 0.3 is 0 Å². The van der Waals surface area contributed by atoms with E-state index in [4.69, 9.17) is 0 Å². The fourth-order valence-corrected chi connectivity index (χ4v) is 4.13. The minimum Gasteiger partial charge on any atom is -0.352 e. The van der Waals surface area contributed by atoms with Gasteiger partial charge in [0.15, 0.2) is 0 Å². The van der Waals surface area contributed by atoms with Crippen LogP contribution < -0.4 is 10.6 Å². The lowest BCUT2D eigenvalue weighted by Crippen LogP contribution is -2.55. The number of hydrogen-bond acceptors (Lipinski definition) is 3. The Morgan fingerprint density at radius 3 is 2.21 bits per heavy atom. The molecule has 1 aliphatic heterocycles. The van der Waals surface area contributed by atoms with Crippen molar-refractivity contribution in [3.05, 3.63) is 71.0 Å². The molecule has 2 aromatic rings. The molecule has 0 aliphatic carbocycles. The molecule has 2 atom stereocenters. The minimum atomic E-state index is -0.708. The zero-order valence-electron chi connectivity index (χ0n) is 20.3. The van der Waals surface area contributed by atoms with Gasteiger partial charge in [-0.15, -0.1) is 0 Å². The molecule has 2 N–H and O–H groups in total. The van der Waals surface area contributed by atoms with Gasteiger partial charge in [0.05, 0.1) is 0 Å². The van der Waals surface area contributed by atoms with Gasteiger partial charge in [0.1, 0.15) is 11.9 Å². The number of aryl methyl sites for hydroxylation is 1. The number of benzene rings is 2. The first-order chi connectivity index (χ1) is 16.2. The Kier molecular flexibility index (Phi) is 8.42. The number of carbonyl (C=O) groups is 3.